The van der Waals surface area contributed by atoms with Crippen LogP contribution in [0.4, 0.5) is 0 Å². The fourth-order valence-electron chi connectivity index (χ4n) is 0.529. The van der Waals surface area contributed by atoms with Crippen LogP contribution < -0.4 is 5.84 Å². The molecule has 0 aliphatic heterocycles. The van der Waals surface area contributed by atoms with Gasteiger partial charge in [-0.15, -0.1) is 0 Å². The van der Waals surface area contributed by atoms with Gasteiger partial charge in [0.1, 0.15) is 0 Å². The van der Waals surface area contributed by atoms with Crippen LogP contribution in [0.5, 0.6) is 0 Å². The highest BCUT2D eigenvalue weighted by molar-refractivity contribution is 5.76. The summed E-state index contributed by atoms with van der Waals surface area (Å²) in [5.74, 6) is 4.89. The summed E-state index contributed by atoms with van der Waals surface area (Å²) in [6, 6.07) is 5.55. The SMILES string of the molecule is N/N=C/c1ccccn1.O. The molecule has 0 aliphatic carbocycles. The number of aromatic nitrogens is 1. The number of hydrogen-bond donors (Lipinski definition) is 1. The first-order valence-electron chi connectivity index (χ1n) is 2.58. The molecule has 0 fully saturated rings. The largest absolute Gasteiger partial charge is 0.412 e. The van der Waals surface area contributed by atoms with Gasteiger partial charge in [-0.25, -0.2) is 0 Å². The van der Waals surface area contributed by atoms with Crippen LogP contribution in [0.2, 0.25) is 0 Å². The van der Waals surface area contributed by atoms with Crippen LogP contribution in [-0.2, 0) is 0 Å². The van der Waals surface area contributed by atoms with E-state index in [0.29, 0.717) is 0 Å². The lowest BCUT2D eigenvalue weighted by Crippen LogP contribution is -1.88. The zero-order valence-corrected chi connectivity index (χ0v) is 5.36. The van der Waals surface area contributed by atoms with E-state index >= 15 is 0 Å². The number of nitrogens with two attached hydrogens (primary N) is 1. The van der Waals surface area contributed by atoms with Gasteiger partial charge < -0.3 is 11.3 Å². The van der Waals surface area contributed by atoms with Gasteiger partial charge in [-0.05, 0) is 12.1 Å². The molecule has 0 bridgehead atoms. The summed E-state index contributed by atoms with van der Waals surface area (Å²) < 4.78 is 0. The monoisotopic (exact) mass is 139 g/mol. The number of hydrazone groups is 1. The predicted molar refractivity (Wildman–Crippen MR) is 39.6 cm³/mol. The van der Waals surface area contributed by atoms with Gasteiger partial charge in [0, 0.05) is 6.20 Å². The molecule has 0 saturated carbocycles. The van der Waals surface area contributed by atoms with Crippen molar-refractivity contribution in [2.45, 2.75) is 0 Å². The Hall–Kier alpha value is -1.42. The minimum atomic E-state index is 0. The zero-order chi connectivity index (χ0) is 6.53. The molecule has 0 aliphatic rings. The summed E-state index contributed by atoms with van der Waals surface area (Å²) in [5, 5.41) is 3.32. The van der Waals surface area contributed by atoms with Crippen molar-refractivity contribution < 1.29 is 5.48 Å². The highest BCUT2D eigenvalue weighted by atomic mass is 16.0. The Kier molecular flexibility index (Phi) is 3.83. The van der Waals surface area contributed by atoms with E-state index in [9.17, 15) is 0 Å². The van der Waals surface area contributed by atoms with Gasteiger partial charge in [-0.3, -0.25) is 4.98 Å². The molecule has 0 atom stereocenters. The van der Waals surface area contributed by atoms with Gasteiger partial charge in [-0.2, -0.15) is 5.10 Å². The van der Waals surface area contributed by atoms with Crippen molar-refractivity contribution in [2.24, 2.45) is 10.9 Å². The molecule has 0 spiro atoms. The molecule has 54 valence electrons. The maximum atomic E-state index is 4.89. The van der Waals surface area contributed by atoms with E-state index in [2.05, 4.69) is 10.1 Å². The van der Waals surface area contributed by atoms with E-state index in [1.54, 1.807) is 6.20 Å². The van der Waals surface area contributed by atoms with Gasteiger partial charge in [0.05, 0.1) is 11.9 Å². The molecule has 1 heterocycles. The normalized spacial score (nSPS) is 9.20. The summed E-state index contributed by atoms with van der Waals surface area (Å²) >= 11 is 0. The second-order valence-corrected chi connectivity index (χ2v) is 1.53. The molecule has 1 aromatic heterocycles. The third kappa shape index (κ3) is 2.23. The Labute approximate surface area is 58.7 Å². The highest BCUT2D eigenvalue weighted by Gasteiger charge is 1.81. The van der Waals surface area contributed by atoms with Crippen LogP contribution in [0.3, 0.4) is 0 Å². The Balaban J connectivity index is 0.000000810. The maximum absolute atomic E-state index is 4.89. The van der Waals surface area contributed by atoms with Crippen LogP contribution in [-0.4, -0.2) is 16.7 Å². The molecule has 0 unspecified atom stereocenters. The van der Waals surface area contributed by atoms with Crippen LogP contribution >= 0.6 is 0 Å². The minimum Gasteiger partial charge on any atom is -0.412 e. The van der Waals surface area contributed by atoms with Crippen molar-refractivity contribution in [2.75, 3.05) is 0 Å². The number of hydrogen-bond acceptors (Lipinski definition) is 3. The zero-order valence-electron chi connectivity index (χ0n) is 5.36. The Bertz CT molecular complexity index is 197. The average molecular weight is 139 g/mol. The molecular weight excluding hydrogens is 130 g/mol. The molecule has 0 radical (unpaired) electrons. The van der Waals surface area contributed by atoms with Crippen molar-refractivity contribution in [3.63, 3.8) is 0 Å². The molecule has 4 nitrogen and oxygen atoms in total. The van der Waals surface area contributed by atoms with Crippen LogP contribution in [0.15, 0.2) is 29.5 Å². The summed E-state index contributed by atoms with van der Waals surface area (Å²) in [7, 11) is 0. The van der Waals surface area contributed by atoms with Gasteiger partial charge in [0.2, 0.25) is 0 Å². The molecule has 10 heavy (non-hydrogen) atoms. The third-order valence-corrected chi connectivity index (χ3v) is 0.895. The summed E-state index contributed by atoms with van der Waals surface area (Å²) in [4.78, 5) is 3.94. The quantitative estimate of drug-likeness (QED) is 0.324. The van der Waals surface area contributed by atoms with Crippen molar-refractivity contribution >= 4 is 6.21 Å². The number of nitrogens with zero attached hydrogens (tertiary/aromatic N) is 2. The minimum absolute atomic E-state index is 0. The predicted octanol–water partition coefficient (Wildman–Crippen LogP) is -0.450. The van der Waals surface area contributed by atoms with Gasteiger partial charge in [0.25, 0.3) is 0 Å². The Morgan fingerprint density at radius 1 is 1.50 bits per heavy atom. The lowest BCUT2D eigenvalue weighted by atomic mass is 10.4. The maximum Gasteiger partial charge on any atom is 0.0830 e. The average Bonchev–Trinajstić information content (AvgIpc) is 1.91. The van der Waals surface area contributed by atoms with E-state index in [-0.39, 0.29) is 5.48 Å². The van der Waals surface area contributed by atoms with Crippen molar-refractivity contribution in [1.82, 2.24) is 4.98 Å². The topological polar surface area (TPSA) is 82.8 Å². The molecule has 0 saturated heterocycles. The van der Waals surface area contributed by atoms with Crippen LogP contribution in [0, 0.1) is 0 Å². The summed E-state index contributed by atoms with van der Waals surface area (Å²) in [6.45, 7) is 0. The van der Waals surface area contributed by atoms with E-state index < -0.39 is 0 Å². The van der Waals surface area contributed by atoms with E-state index in [0.717, 1.165) is 5.69 Å². The third-order valence-electron chi connectivity index (χ3n) is 0.895. The van der Waals surface area contributed by atoms with Gasteiger partial charge >= 0.3 is 0 Å². The standard InChI is InChI=1S/C6H7N3.H2O/c7-9-5-6-3-1-2-4-8-6;/h1-5H,7H2;1H2/b9-5+;. The lowest BCUT2D eigenvalue weighted by Gasteiger charge is -1.85. The smallest absolute Gasteiger partial charge is 0.0830 e. The second-order valence-electron chi connectivity index (χ2n) is 1.53. The fourth-order valence-corrected chi connectivity index (χ4v) is 0.529. The summed E-state index contributed by atoms with van der Waals surface area (Å²) in [5.41, 5.74) is 0.778. The summed E-state index contributed by atoms with van der Waals surface area (Å²) in [6.07, 6.45) is 3.19. The highest BCUT2D eigenvalue weighted by Crippen LogP contribution is 1.86. The first-order valence-corrected chi connectivity index (χ1v) is 2.58. The fraction of sp³-hybridized carbons (Fsp3) is 0. The van der Waals surface area contributed by atoms with Crippen molar-refractivity contribution in [3.8, 4) is 0 Å². The van der Waals surface area contributed by atoms with E-state index in [4.69, 9.17) is 5.84 Å². The molecule has 4 heteroatoms. The first kappa shape index (κ1) is 8.58. The molecule has 0 aromatic carbocycles. The first-order chi connectivity index (χ1) is 4.43. The van der Waals surface area contributed by atoms with Crippen LogP contribution in [0.25, 0.3) is 0 Å². The molecule has 1 aromatic rings. The molecular formula is C6H9N3O. The van der Waals surface area contributed by atoms with Gasteiger partial charge in [-0.1, -0.05) is 6.07 Å². The van der Waals surface area contributed by atoms with E-state index in [1.165, 1.54) is 6.21 Å². The Morgan fingerprint density at radius 3 is 2.80 bits per heavy atom. The number of rotatable bonds is 1. The molecule has 0 amide bonds. The van der Waals surface area contributed by atoms with E-state index in [1.807, 2.05) is 18.2 Å². The second kappa shape index (κ2) is 4.46. The van der Waals surface area contributed by atoms with Crippen molar-refractivity contribution in [3.05, 3.63) is 30.1 Å². The lowest BCUT2D eigenvalue weighted by molar-refractivity contribution is 0.824. The van der Waals surface area contributed by atoms with Crippen molar-refractivity contribution in [1.29, 1.82) is 0 Å². The molecule has 4 N–H and O–H groups in total. The van der Waals surface area contributed by atoms with Crippen LogP contribution in [0.1, 0.15) is 5.69 Å². The van der Waals surface area contributed by atoms with Gasteiger partial charge in [0.15, 0.2) is 0 Å². The molecule has 1 rings (SSSR count). The number of pyridine rings is 1. The Morgan fingerprint density at radius 2 is 2.30 bits per heavy atom.